The van der Waals surface area contributed by atoms with Crippen molar-refractivity contribution in [3.8, 4) is 5.88 Å². The number of nitrogens with zero attached hydrogens (tertiary/aromatic N) is 4. The van der Waals surface area contributed by atoms with Gasteiger partial charge in [0.2, 0.25) is 0 Å². The van der Waals surface area contributed by atoms with E-state index in [1.54, 1.807) is 18.6 Å². The number of aryl methyl sites for hydroxylation is 1. The molecule has 2 aromatic rings. The van der Waals surface area contributed by atoms with Crippen molar-refractivity contribution in [3.05, 3.63) is 30.4 Å². The molecule has 0 saturated carbocycles. The fraction of sp³-hybridized carbons (Fsp3) is 0.562. The van der Waals surface area contributed by atoms with Gasteiger partial charge in [-0.2, -0.15) is 5.10 Å². The highest BCUT2D eigenvalue weighted by Gasteiger charge is 2.31. The van der Waals surface area contributed by atoms with E-state index in [1.165, 1.54) is 0 Å². The van der Waals surface area contributed by atoms with Crippen LogP contribution in [0.4, 0.5) is 5.82 Å². The first-order chi connectivity index (χ1) is 11.1. The molecule has 1 N–H and O–H groups in total. The van der Waals surface area contributed by atoms with Crippen molar-refractivity contribution >= 4 is 5.82 Å². The predicted octanol–water partition coefficient (Wildman–Crippen LogP) is 2.19. The van der Waals surface area contributed by atoms with E-state index >= 15 is 0 Å². The molecule has 2 atom stereocenters. The molecule has 0 unspecified atom stereocenters. The second-order valence-corrected chi connectivity index (χ2v) is 5.98. The molecular formula is C16H23N5O2. The van der Waals surface area contributed by atoms with Gasteiger partial charge in [-0.25, -0.2) is 9.97 Å². The Kier molecular flexibility index (Phi) is 4.76. The molecule has 7 nitrogen and oxygen atoms in total. The van der Waals surface area contributed by atoms with E-state index in [0.29, 0.717) is 17.6 Å². The van der Waals surface area contributed by atoms with Crippen molar-refractivity contribution in [2.45, 2.75) is 32.5 Å². The van der Waals surface area contributed by atoms with Crippen molar-refractivity contribution in [1.82, 2.24) is 19.7 Å². The van der Waals surface area contributed by atoms with Crippen molar-refractivity contribution in [3.63, 3.8) is 0 Å². The molecule has 23 heavy (non-hydrogen) atoms. The lowest BCUT2D eigenvalue weighted by Gasteiger charge is -2.20. The molecule has 2 aromatic heterocycles. The van der Waals surface area contributed by atoms with E-state index < -0.39 is 0 Å². The van der Waals surface area contributed by atoms with Crippen LogP contribution >= 0.6 is 0 Å². The summed E-state index contributed by atoms with van der Waals surface area (Å²) >= 11 is 0. The highest BCUT2D eigenvalue weighted by Crippen LogP contribution is 2.34. The normalized spacial score (nSPS) is 20.9. The quantitative estimate of drug-likeness (QED) is 0.880. The van der Waals surface area contributed by atoms with Gasteiger partial charge in [0.1, 0.15) is 6.10 Å². The average molecular weight is 317 g/mol. The van der Waals surface area contributed by atoms with Crippen LogP contribution in [0.2, 0.25) is 0 Å². The number of hydrogen-bond acceptors (Lipinski definition) is 6. The van der Waals surface area contributed by atoms with Crippen molar-refractivity contribution < 1.29 is 9.47 Å². The minimum absolute atomic E-state index is 0.0566. The Labute approximate surface area is 136 Å². The summed E-state index contributed by atoms with van der Waals surface area (Å²) < 4.78 is 13.5. The van der Waals surface area contributed by atoms with Gasteiger partial charge in [-0.15, -0.1) is 0 Å². The number of aromatic nitrogens is 4. The molecule has 0 amide bonds. The fourth-order valence-electron chi connectivity index (χ4n) is 2.82. The predicted molar refractivity (Wildman–Crippen MR) is 86.3 cm³/mol. The Bertz CT molecular complexity index is 643. The molecule has 124 valence electrons. The Morgan fingerprint density at radius 3 is 2.91 bits per heavy atom. The lowest BCUT2D eigenvalue weighted by atomic mass is 9.99. The van der Waals surface area contributed by atoms with Gasteiger partial charge >= 0.3 is 0 Å². The van der Waals surface area contributed by atoms with Gasteiger partial charge in [0.25, 0.3) is 5.88 Å². The smallest absolute Gasteiger partial charge is 0.257 e. The standard InChI is InChI=1S/C16H23N5O2/c1-11(2)23-16-15(17-7-8-18-16)19-10-12-5-9-22-14(12)13-4-6-20-21(13)3/h4,6-8,11-12,14H,5,9-10H2,1-3H3,(H,17,19)/t12-,14+/m0/s1. The highest BCUT2D eigenvalue weighted by atomic mass is 16.5. The summed E-state index contributed by atoms with van der Waals surface area (Å²) in [6.07, 6.45) is 6.23. The second kappa shape index (κ2) is 6.95. The first kappa shape index (κ1) is 15.7. The molecule has 7 heteroatoms. The third kappa shape index (κ3) is 3.61. The fourth-order valence-corrected chi connectivity index (χ4v) is 2.82. The Balaban J connectivity index is 1.67. The molecule has 0 aromatic carbocycles. The summed E-state index contributed by atoms with van der Waals surface area (Å²) in [4.78, 5) is 8.60. The van der Waals surface area contributed by atoms with Gasteiger partial charge in [-0.1, -0.05) is 0 Å². The zero-order valence-electron chi connectivity index (χ0n) is 13.8. The first-order valence-corrected chi connectivity index (χ1v) is 7.96. The van der Waals surface area contributed by atoms with Gasteiger partial charge in [-0.3, -0.25) is 4.68 Å². The van der Waals surface area contributed by atoms with Crippen LogP contribution < -0.4 is 10.1 Å². The summed E-state index contributed by atoms with van der Waals surface area (Å²) in [7, 11) is 1.94. The molecule has 0 radical (unpaired) electrons. The van der Waals surface area contributed by atoms with Gasteiger partial charge in [0.15, 0.2) is 5.82 Å². The van der Waals surface area contributed by atoms with E-state index in [2.05, 4.69) is 20.4 Å². The van der Waals surface area contributed by atoms with Crippen LogP contribution in [0.25, 0.3) is 0 Å². The van der Waals surface area contributed by atoms with E-state index in [4.69, 9.17) is 9.47 Å². The Morgan fingerprint density at radius 2 is 2.17 bits per heavy atom. The van der Waals surface area contributed by atoms with Crippen molar-refractivity contribution in [2.75, 3.05) is 18.5 Å². The van der Waals surface area contributed by atoms with Crippen LogP contribution in [0.15, 0.2) is 24.7 Å². The molecule has 3 heterocycles. The molecule has 0 spiro atoms. The maximum absolute atomic E-state index is 5.91. The second-order valence-electron chi connectivity index (χ2n) is 5.98. The van der Waals surface area contributed by atoms with E-state index in [-0.39, 0.29) is 12.2 Å². The third-order valence-corrected chi connectivity index (χ3v) is 3.91. The largest absolute Gasteiger partial charge is 0.472 e. The summed E-state index contributed by atoms with van der Waals surface area (Å²) in [6.45, 7) is 5.46. The van der Waals surface area contributed by atoms with Crippen LogP contribution in [0, 0.1) is 5.92 Å². The maximum Gasteiger partial charge on any atom is 0.257 e. The lowest BCUT2D eigenvalue weighted by molar-refractivity contribution is 0.0866. The minimum atomic E-state index is 0.0566. The number of rotatable bonds is 6. The number of hydrogen-bond donors (Lipinski definition) is 1. The SMILES string of the molecule is CC(C)Oc1nccnc1NC[C@@H]1CCO[C@H]1c1ccnn1C. The van der Waals surface area contributed by atoms with Crippen LogP contribution in [0.3, 0.4) is 0 Å². The lowest BCUT2D eigenvalue weighted by Crippen LogP contribution is -2.21. The molecule has 1 saturated heterocycles. The first-order valence-electron chi connectivity index (χ1n) is 7.96. The number of ether oxygens (including phenoxy) is 2. The highest BCUT2D eigenvalue weighted by molar-refractivity contribution is 5.44. The van der Waals surface area contributed by atoms with Crippen LogP contribution in [-0.4, -0.2) is 39.0 Å². The van der Waals surface area contributed by atoms with E-state index in [9.17, 15) is 0 Å². The Morgan fingerprint density at radius 1 is 1.35 bits per heavy atom. The molecule has 1 aliphatic rings. The summed E-state index contributed by atoms with van der Waals surface area (Å²) in [5.41, 5.74) is 1.10. The van der Waals surface area contributed by atoms with Gasteiger partial charge in [-0.05, 0) is 26.3 Å². The van der Waals surface area contributed by atoms with Crippen LogP contribution in [0.1, 0.15) is 32.1 Å². The van der Waals surface area contributed by atoms with Crippen LogP contribution in [-0.2, 0) is 11.8 Å². The van der Waals surface area contributed by atoms with E-state index in [0.717, 1.165) is 25.3 Å². The zero-order chi connectivity index (χ0) is 16.2. The molecule has 0 aliphatic carbocycles. The van der Waals surface area contributed by atoms with Crippen molar-refractivity contribution in [1.29, 1.82) is 0 Å². The molecule has 1 aliphatic heterocycles. The average Bonchev–Trinajstić information content (AvgIpc) is 3.14. The monoisotopic (exact) mass is 317 g/mol. The van der Waals surface area contributed by atoms with Gasteiger partial charge < -0.3 is 14.8 Å². The summed E-state index contributed by atoms with van der Waals surface area (Å²) in [5, 5.41) is 7.60. The number of nitrogens with one attached hydrogen (secondary N) is 1. The third-order valence-electron chi connectivity index (χ3n) is 3.91. The van der Waals surface area contributed by atoms with Crippen molar-refractivity contribution in [2.24, 2.45) is 13.0 Å². The maximum atomic E-state index is 5.91. The summed E-state index contributed by atoms with van der Waals surface area (Å²) in [5.74, 6) is 1.58. The van der Waals surface area contributed by atoms with Gasteiger partial charge in [0, 0.05) is 44.7 Å². The Hall–Kier alpha value is -2.15. The van der Waals surface area contributed by atoms with Gasteiger partial charge in [0.05, 0.1) is 11.8 Å². The molecular weight excluding hydrogens is 294 g/mol. The topological polar surface area (TPSA) is 74.1 Å². The number of anilines is 1. The molecule has 1 fully saturated rings. The minimum Gasteiger partial charge on any atom is -0.472 e. The van der Waals surface area contributed by atoms with E-state index in [1.807, 2.05) is 31.6 Å². The van der Waals surface area contributed by atoms with Crippen LogP contribution in [0.5, 0.6) is 5.88 Å². The molecule has 3 rings (SSSR count). The molecule has 0 bridgehead atoms. The zero-order valence-corrected chi connectivity index (χ0v) is 13.8. The summed E-state index contributed by atoms with van der Waals surface area (Å²) in [6, 6.07) is 2.01.